The number of aromatic nitrogens is 3. The van der Waals surface area contributed by atoms with Gasteiger partial charge in [-0.2, -0.15) is 5.10 Å². The summed E-state index contributed by atoms with van der Waals surface area (Å²) < 4.78 is 25.3. The van der Waals surface area contributed by atoms with E-state index in [1.807, 2.05) is 4.72 Å². The Morgan fingerprint density at radius 1 is 1.42 bits per heavy atom. The van der Waals surface area contributed by atoms with Crippen molar-refractivity contribution in [3.05, 3.63) is 32.9 Å². The van der Waals surface area contributed by atoms with Gasteiger partial charge in [0.1, 0.15) is 4.21 Å². The van der Waals surface area contributed by atoms with Gasteiger partial charge in [0, 0.05) is 6.07 Å². The second kappa shape index (κ2) is 5.03. The maximum Gasteiger partial charge on any atom is 0.300 e. The third kappa shape index (κ3) is 2.94. The highest BCUT2D eigenvalue weighted by Gasteiger charge is 2.25. The minimum absolute atomic E-state index is 0.225. The summed E-state index contributed by atoms with van der Waals surface area (Å²) >= 11 is 6.16. The fraction of sp³-hybridized carbons (Fsp3) is 0. The third-order valence-corrected chi connectivity index (χ3v) is 4.96. The van der Waals surface area contributed by atoms with E-state index in [1.165, 1.54) is 12.4 Å². The molecular weight excluding hydrogens is 318 g/mol. The second-order valence-electron chi connectivity index (χ2n) is 3.05. The van der Waals surface area contributed by atoms with Gasteiger partial charge in [-0.15, -0.1) is 16.4 Å². The average Bonchev–Trinajstić information content (AvgIpc) is 2.73. The normalized spacial score (nSPS) is 11.2. The predicted octanol–water partition coefficient (Wildman–Crippen LogP) is 1.30. The SMILES string of the molecule is O=[N+]([O-])c1cc(S(=O)(=O)Nc2nccnn2)sc1Cl. The van der Waals surface area contributed by atoms with Crippen LogP contribution in [0.25, 0.3) is 0 Å². The van der Waals surface area contributed by atoms with Crippen molar-refractivity contribution >= 4 is 44.6 Å². The number of anilines is 1. The number of thiophene rings is 1. The van der Waals surface area contributed by atoms with Gasteiger partial charge >= 0.3 is 0 Å². The lowest BCUT2D eigenvalue weighted by Crippen LogP contribution is -2.14. The molecule has 0 saturated carbocycles. The minimum Gasteiger partial charge on any atom is -0.258 e. The molecule has 0 aliphatic heterocycles. The van der Waals surface area contributed by atoms with Gasteiger partial charge in [-0.05, 0) is 0 Å². The van der Waals surface area contributed by atoms with E-state index in [9.17, 15) is 18.5 Å². The lowest BCUT2D eigenvalue weighted by atomic mass is 10.6. The van der Waals surface area contributed by atoms with Crippen LogP contribution in [0.5, 0.6) is 0 Å². The fourth-order valence-electron chi connectivity index (χ4n) is 1.06. The molecule has 0 atom stereocenters. The first-order valence-electron chi connectivity index (χ1n) is 4.50. The molecule has 2 heterocycles. The highest BCUT2D eigenvalue weighted by molar-refractivity contribution is 7.94. The molecule has 0 aliphatic carbocycles. The van der Waals surface area contributed by atoms with Crippen molar-refractivity contribution < 1.29 is 13.3 Å². The highest BCUT2D eigenvalue weighted by Crippen LogP contribution is 2.36. The summed E-state index contributed by atoms with van der Waals surface area (Å²) in [5.74, 6) is -0.241. The highest BCUT2D eigenvalue weighted by atomic mass is 35.5. The molecule has 0 aromatic carbocycles. The van der Waals surface area contributed by atoms with Gasteiger partial charge < -0.3 is 0 Å². The summed E-state index contributed by atoms with van der Waals surface area (Å²) in [4.78, 5) is 13.5. The molecule has 19 heavy (non-hydrogen) atoms. The number of nitrogens with one attached hydrogen (secondary N) is 1. The molecule has 0 radical (unpaired) electrons. The zero-order valence-corrected chi connectivity index (χ0v) is 11.2. The summed E-state index contributed by atoms with van der Waals surface area (Å²) in [5.41, 5.74) is -0.473. The summed E-state index contributed by atoms with van der Waals surface area (Å²) in [5, 5.41) is 17.5. The van der Waals surface area contributed by atoms with Crippen LogP contribution in [0, 0.1) is 10.1 Å². The van der Waals surface area contributed by atoms with Crippen LogP contribution < -0.4 is 4.72 Å². The van der Waals surface area contributed by atoms with E-state index >= 15 is 0 Å². The van der Waals surface area contributed by atoms with Crippen LogP contribution in [0.15, 0.2) is 22.7 Å². The summed E-state index contributed by atoms with van der Waals surface area (Å²) in [6.45, 7) is 0. The topological polar surface area (TPSA) is 128 Å². The van der Waals surface area contributed by atoms with Gasteiger partial charge in [0.05, 0.1) is 17.3 Å². The van der Waals surface area contributed by atoms with Gasteiger partial charge in [-0.3, -0.25) is 10.1 Å². The molecule has 0 fully saturated rings. The van der Waals surface area contributed by atoms with Crippen LogP contribution in [0.4, 0.5) is 11.6 Å². The lowest BCUT2D eigenvalue weighted by Gasteiger charge is -2.01. The number of rotatable bonds is 4. The average molecular weight is 322 g/mol. The Morgan fingerprint density at radius 3 is 2.68 bits per heavy atom. The molecule has 12 heteroatoms. The van der Waals surface area contributed by atoms with Crippen LogP contribution in [0.1, 0.15) is 0 Å². The quantitative estimate of drug-likeness (QED) is 0.663. The van der Waals surface area contributed by atoms with Crippen LogP contribution >= 0.6 is 22.9 Å². The second-order valence-corrected chi connectivity index (χ2v) is 6.62. The minimum atomic E-state index is -4.03. The van der Waals surface area contributed by atoms with Gasteiger partial charge in [0.15, 0.2) is 4.34 Å². The van der Waals surface area contributed by atoms with E-state index in [-0.39, 0.29) is 14.5 Å². The van der Waals surface area contributed by atoms with Crippen LogP contribution in [-0.4, -0.2) is 28.5 Å². The van der Waals surface area contributed by atoms with Crippen molar-refractivity contribution in [1.29, 1.82) is 0 Å². The van der Waals surface area contributed by atoms with Crippen LogP contribution in [-0.2, 0) is 10.0 Å². The predicted molar refractivity (Wildman–Crippen MR) is 66.6 cm³/mol. The van der Waals surface area contributed by atoms with Crippen molar-refractivity contribution in [2.75, 3.05) is 4.72 Å². The summed E-state index contributed by atoms with van der Waals surface area (Å²) in [6, 6.07) is 0.867. The van der Waals surface area contributed by atoms with E-state index in [0.29, 0.717) is 11.3 Å². The molecular formula is C7H4ClN5O4S2. The third-order valence-electron chi connectivity index (χ3n) is 1.82. The molecule has 0 amide bonds. The standard InChI is InChI=1S/C7H4ClN5O4S2/c8-6-4(13(14)15)3-5(18-6)19(16,17)12-7-9-1-2-10-11-7/h1-3H,(H,9,11,12). The summed E-state index contributed by atoms with van der Waals surface area (Å²) in [6.07, 6.45) is 2.51. The molecule has 0 saturated heterocycles. The Balaban J connectivity index is 2.35. The molecule has 0 bridgehead atoms. The number of sulfonamides is 1. The molecule has 2 aromatic heterocycles. The first-order chi connectivity index (χ1) is 8.90. The number of hydrogen-bond acceptors (Lipinski definition) is 8. The van der Waals surface area contributed by atoms with Gasteiger partial charge in [-0.25, -0.2) is 18.1 Å². The molecule has 9 nitrogen and oxygen atoms in total. The molecule has 0 aliphatic rings. The van der Waals surface area contributed by atoms with Crippen molar-refractivity contribution in [3.8, 4) is 0 Å². The molecule has 0 spiro atoms. The van der Waals surface area contributed by atoms with E-state index < -0.39 is 20.6 Å². The molecule has 2 aromatic rings. The number of halogens is 1. The molecule has 100 valence electrons. The fourth-order valence-corrected chi connectivity index (χ4v) is 3.67. The van der Waals surface area contributed by atoms with E-state index in [2.05, 4.69) is 15.2 Å². The van der Waals surface area contributed by atoms with Crippen molar-refractivity contribution in [2.45, 2.75) is 4.21 Å². The van der Waals surface area contributed by atoms with Crippen molar-refractivity contribution in [2.24, 2.45) is 0 Å². The molecule has 2 rings (SSSR count). The Labute approximate surface area is 115 Å². The van der Waals surface area contributed by atoms with Gasteiger partial charge in [0.25, 0.3) is 21.7 Å². The summed E-state index contributed by atoms with van der Waals surface area (Å²) in [7, 11) is -4.03. The van der Waals surface area contributed by atoms with Gasteiger partial charge in [0.2, 0.25) is 0 Å². The first kappa shape index (κ1) is 13.6. The van der Waals surface area contributed by atoms with E-state index in [4.69, 9.17) is 11.6 Å². The first-order valence-corrected chi connectivity index (χ1v) is 7.18. The lowest BCUT2D eigenvalue weighted by molar-refractivity contribution is -0.384. The maximum atomic E-state index is 11.9. The smallest absolute Gasteiger partial charge is 0.258 e. The zero-order chi connectivity index (χ0) is 14.0. The largest absolute Gasteiger partial charge is 0.300 e. The monoisotopic (exact) mass is 321 g/mol. The van der Waals surface area contributed by atoms with E-state index in [1.54, 1.807) is 0 Å². The van der Waals surface area contributed by atoms with E-state index in [0.717, 1.165) is 6.07 Å². The van der Waals surface area contributed by atoms with Crippen molar-refractivity contribution in [1.82, 2.24) is 15.2 Å². The van der Waals surface area contributed by atoms with Crippen molar-refractivity contribution in [3.63, 3.8) is 0 Å². The number of hydrogen-bond donors (Lipinski definition) is 1. The number of nitrogens with zero attached hydrogens (tertiary/aromatic N) is 4. The zero-order valence-electron chi connectivity index (χ0n) is 8.85. The van der Waals surface area contributed by atoms with Crippen LogP contribution in [0.2, 0.25) is 4.34 Å². The van der Waals surface area contributed by atoms with Gasteiger partial charge in [-0.1, -0.05) is 11.6 Å². The maximum absolute atomic E-state index is 11.9. The Hall–Kier alpha value is -1.85. The Bertz CT molecular complexity index is 716. The molecule has 1 N–H and O–H groups in total. The Morgan fingerprint density at radius 2 is 2.16 bits per heavy atom. The molecule has 0 unspecified atom stereocenters. The van der Waals surface area contributed by atoms with Crippen LogP contribution in [0.3, 0.4) is 0 Å². The Kier molecular flexibility index (Phi) is 3.59. The number of nitro groups is 1.